The van der Waals surface area contributed by atoms with Gasteiger partial charge in [-0.2, -0.15) is 0 Å². The number of hydrogen-bond acceptors (Lipinski definition) is 3. The van der Waals surface area contributed by atoms with Crippen molar-refractivity contribution in [2.24, 2.45) is 5.73 Å². The van der Waals surface area contributed by atoms with Crippen molar-refractivity contribution < 1.29 is 0 Å². The lowest BCUT2D eigenvalue weighted by molar-refractivity contribution is 0.868. The number of benzene rings is 1. The third-order valence-corrected chi connectivity index (χ3v) is 2.62. The second kappa shape index (κ2) is 4.77. The highest BCUT2D eigenvalue weighted by Crippen LogP contribution is 2.20. The van der Waals surface area contributed by atoms with Crippen molar-refractivity contribution in [3.8, 4) is 0 Å². The van der Waals surface area contributed by atoms with Gasteiger partial charge in [0.15, 0.2) is 0 Å². The van der Waals surface area contributed by atoms with Crippen LogP contribution in [-0.2, 0) is 0 Å². The SMILES string of the molecule is CNc1ccc(C(N)c2ccncc2)cc1. The van der Waals surface area contributed by atoms with Crippen LogP contribution in [0.2, 0.25) is 0 Å². The number of hydrogen-bond donors (Lipinski definition) is 2. The average molecular weight is 213 g/mol. The summed E-state index contributed by atoms with van der Waals surface area (Å²) in [7, 11) is 1.90. The maximum absolute atomic E-state index is 6.16. The molecule has 0 spiro atoms. The van der Waals surface area contributed by atoms with Gasteiger partial charge in [0.1, 0.15) is 0 Å². The zero-order valence-electron chi connectivity index (χ0n) is 9.22. The van der Waals surface area contributed by atoms with Crippen LogP contribution in [0.1, 0.15) is 17.2 Å². The Balaban J connectivity index is 2.24. The largest absolute Gasteiger partial charge is 0.388 e. The van der Waals surface area contributed by atoms with E-state index in [2.05, 4.69) is 10.3 Å². The molecule has 82 valence electrons. The molecule has 0 fully saturated rings. The van der Waals surface area contributed by atoms with Crippen LogP contribution in [0.25, 0.3) is 0 Å². The van der Waals surface area contributed by atoms with Crippen LogP contribution < -0.4 is 11.1 Å². The Labute approximate surface area is 95.3 Å². The smallest absolute Gasteiger partial charge is 0.0552 e. The summed E-state index contributed by atoms with van der Waals surface area (Å²) in [6.45, 7) is 0. The molecule has 0 amide bonds. The van der Waals surface area contributed by atoms with Crippen molar-refractivity contribution in [2.45, 2.75) is 6.04 Å². The first-order chi connectivity index (χ1) is 7.81. The zero-order chi connectivity index (χ0) is 11.4. The normalized spacial score (nSPS) is 12.1. The van der Waals surface area contributed by atoms with Crippen LogP contribution in [0.5, 0.6) is 0 Å². The van der Waals surface area contributed by atoms with Crippen molar-refractivity contribution in [1.29, 1.82) is 0 Å². The Morgan fingerprint density at radius 1 is 1.00 bits per heavy atom. The highest BCUT2D eigenvalue weighted by Gasteiger charge is 2.07. The Morgan fingerprint density at radius 2 is 1.56 bits per heavy atom. The van der Waals surface area contributed by atoms with E-state index in [1.54, 1.807) is 12.4 Å². The Morgan fingerprint density at radius 3 is 2.12 bits per heavy atom. The lowest BCUT2D eigenvalue weighted by Gasteiger charge is -2.12. The number of nitrogens with one attached hydrogen (secondary N) is 1. The van der Waals surface area contributed by atoms with Gasteiger partial charge in [-0.3, -0.25) is 4.98 Å². The molecule has 1 unspecified atom stereocenters. The molecule has 3 N–H and O–H groups in total. The van der Waals surface area contributed by atoms with E-state index >= 15 is 0 Å². The summed E-state index contributed by atoms with van der Waals surface area (Å²) in [5.41, 5.74) is 9.43. The van der Waals surface area contributed by atoms with E-state index < -0.39 is 0 Å². The molecule has 16 heavy (non-hydrogen) atoms. The number of pyridine rings is 1. The first kappa shape index (κ1) is 10.6. The van der Waals surface area contributed by atoms with Crippen molar-refractivity contribution in [3.05, 3.63) is 59.9 Å². The fraction of sp³-hybridized carbons (Fsp3) is 0.154. The summed E-state index contributed by atoms with van der Waals surface area (Å²) in [5.74, 6) is 0. The maximum Gasteiger partial charge on any atom is 0.0552 e. The minimum Gasteiger partial charge on any atom is -0.388 e. The summed E-state index contributed by atoms with van der Waals surface area (Å²) in [6, 6.07) is 11.9. The molecule has 1 atom stereocenters. The number of nitrogens with zero attached hydrogens (tertiary/aromatic N) is 1. The predicted molar refractivity (Wildman–Crippen MR) is 66.3 cm³/mol. The van der Waals surface area contributed by atoms with E-state index in [-0.39, 0.29) is 6.04 Å². The molecule has 2 rings (SSSR count). The lowest BCUT2D eigenvalue weighted by Crippen LogP contribution is -2.11. The first-order valence-electron chi connectivity index (χ1n) is 5.24. The molecule has 3 heteroatoms. The summed E-state index contributed by atoms with van der Waals surface area (Å²) in [5, 5.41) is 3.08. The molecule has 1 aromatic carbocycles. The van der Waals surface area contributed by atoms with Gasteiger partial charge in [-0.1, -0.05) is 12.1 Å². The minimum atomic E-state index is -0.0890. The van der Waals surface area contributed by atoms with E-state index in [4.69, 9.17) is 5.73 Å². The van der Waals surface area contributed by atoms with E-state index in [1.807, 2.05) is 43.4 Å². The fourth-order valence-electron chi connectivity index (χ4n) is 1.62. The van der Waals surface area contributed by atoms with Gasteiger partial charge in [-0.15, -0.1) is 0 Å². The first-order valence-corrected chi connectivity index (χ1v) is 5.24. The number of anilines is 1. The Bertz CT molecular complexity index is 436. The number of rotatable bonds is 3. The predicted octanol–water partition coefficient (Wildman–Crippen LogP) is 2.17. The summed E-state index contributed by atoms with van der Waals surface area (Å²) < 4.78 is 0. The average Bonchev–Trinajstić information content (AvgIpc) is 2.39. The third kappa shape index (κ3) is 2.20. The molecule has 0 radical (unpaired) electrons. The third-order valence-electron chi connectivity index (χ3n) is 2.62. The highest BCUT2D eigenvalue weighted by atomic mass is 14.8. The minimum absolute atomic E-state index is 0.0890. The van der Waals surface area contributed by atoms with Gasteiger partial charge < -0.3 is 11.1 Å². The molecule has 3 nitrogen and oxygen atoms in total. The molecule has 1 aromatic heterocycles. The molecule has 2 aromatic rings. The van der Waals surface area contributed by atoms with Crippen LogP contribution in [0.3, 0.4) is 0 Å². The quantitative estimate of drug-likeness (QED) is 0.821. The molecule has 1 heterocycles. The monoisotopic (exact) mass is 213 g/mol. The number of nitrogens with two attached hydrogens (primary N) is 1. The molecule has 0 aliphatic carbocycles. The molecular formula is C13H15N3. The summed E-state index contributed by atoms with van der Waals surface area (Å²) in [4.78, 5) is 3.98. The van der Waals surface area contributed by atoms with Crippen molar-refractivity contribution in [2.75, 3.05) is 12.4 Å². The molecule has 0 aliphatic rings. The topological polar surface area (TPSA) is 50.9 Å². The van der Waals surface area contributed by atoms with Gasteiger partial charge in [-0.05, 0) is 35.4 Å². The maximum atomic E-state index is 6.16. The molecule has 0 saturated carbocycles. The van der Waals surface area contributed by atoms with Gasteiger partial charge >= 0.3 is 0 Å². The lowest BCUT2D eigenvalue weighted by atomic mass is 10.0. The van der Waals surface area contributed by atoms with Gasteiger partial charge in [0, 0.05) is 25.1 Å². The molecule has 0 bridgehead atoms. The molecular weight excluding hydrogens is 198 g/mol. The molecule has 0 aliphatic heterocycles. The van der Waals surface area contributed by atoms with Crippen molar-refractivity contribution in [3.63, 3.8) is 0 Å². The van der Waals surface area contributed by atoms with E-state index in [0.29, 0.717) is 0 Å². The Kier molecular flexibility index (Phi) is 3.17. The second-order valence-electron chi connectivity index (χ2n) is 3.63. The van der Waals surface area contributed by atoms with Gasteiger partial charge in [-0.25, -0.2) is 0 Å². The van der Waals surface area contributed by atoms with Gasteiger partial charge in [0.25, 0.3) is 0 Å². The molecule has 0 saturated heterocycles. The summed E-state index contributed by atoms with van der Waals surface area (Å²) >= 11 is 0. The van der Waals surface area contributed by atoms with Crippen LogP contribution >= 0.6 is 0 Å². The highest BCUT2D eigenvalue weighted by molar-refractivity contribution is 5.45. The van der Waals surface area contributed by atoms with Crippen LogP contribution in [0.4, 0.5) is 5.69 Å². The van der Waals surface area contributed by atoms with Crippen LogP contribution in [0, 0.1) is 0 Å². The van der Waals surface area contributed by atoms with Gasteiger partial charge in [0.05, 0.1) is 6.04 Å². The van der Waals surface area contributed by atoms with E-state index in [9.17, 15) is 0 Å². The van der Waals surface area contributed by atoms with E-state index in [1.165, 1.54) is 0 Å². The number of aromatic nitrogens is 1. The van der Waals surface area contributed by atoms with Crippen LogP contribution in [-0.4, -0.2) is 12.0 Å². The fourth-order valence-corrected chi connectivity index (χ4v) is 1.62. The standard InChI is InChI=1S/C13H15N3/c1-15-12-4-2-10(3-5-12)13(14)11-6-8-16-9-7-11/h2-9,13,15H,14H2,1H3. The Hall–Kier alpha value is -1.87. The van der Waals surface area contributed by atoms with E-state index in [0.717, 1.165) is 16.8 Å². The zero-order valence-corrected chi connectivity index (χ0v) is 9.22. The van der Waals surface area contributed by atoms with Gasteiger partial charge in [0.2, 0.25) is 0 Å². The van der Waals surface area contributed by atoms with Crippen molar-refractivity contribution in [1.82, 2.24) is 4.98 Å². The second-order valence-corrected chi connectivity index (χ2v) is 3.63. The van der Waals surface area contributed by atoms with Crippen LogP contribution in [0.15, 0.2) is 48.8 Å². The van der Waals surface area contributed by atoms with Crippen molar-refractivity contribution >= 4 is 5.69 Å². The summed E-state index contributed by atoms with van der Waals surface area (Å²) in [6.07, 6.45) is 3.52.